The van der Waals surface area contributed by atoms with E-state index in [4.69, 9.17) is 10.5 Å². The summed E-state index contributed by atoms with van der Waals surface area (Å²) in [5, 5.41) is 3.10. The molecule has 18 heavy (non-hydrogen) atoms. The summed E-state index contributed by atoms with van der Waals surface area (Å²) in [4.78, 5) is 6.73. The maximum atomic E-state index is 5.80. The highest BCUT2D eigenvalue weighted by Crippen LogP contribution is 1.98. The third kappa shape index (κ3) is 8.31. The number of guanidine groups is 1. The van der Waals surface area contributed by atoms with E-state index in [-0.39, 0.29) is 0 Å². The number of likely N-dealkylation sites (N-methyl/N-ethyl adjacent to an activating group) is 1. The summed E-state index contributed by atoms with van der Waals surface area (Å²) in [5.74, 6) is 0.533. The van der Waals surface area contributed by atoms with Gasteiger partial charge in [-0.15, -0.1) is 0 Å². The largest absolute Gasteiger partial charge is 0.382 e. The fourth-order valence-corrected chi connectivity index (χ4v) is 1.78. The molecule has 0 saturated heterocycles. The summed E-state index contributed by atoms with van der Waals surface area (Å²) in [6, 6.07) is 0.434. The highest BCUT2D eigenvalue weighted by Gasteiger charge is 2.08. The zero-order valence-electron chi connectivity index (χ0n) is 12.4. The lowest BCUT2D eigenvalue weighted by Crippen LogP contribution is -2.37. The Labute approximate surface area is 112 Å². The molecule has 0 radical (unpaired) electrons. The molecule has 0 aromatic carbocycles. The van der Waals surface area contributed by atoms with Crippen molar-refractivity contribution in [3.63, 3.8) is 0 Å². The summed E-state index contributed by atoms with van der Waals surface area (Å²) in [7, 11) is 0. The quantitative estimate of drug-likeness (QED) is 0.349. The molecule has 5 heteroatoms. The maximum Gasteiger partial charge on any atom is 0.188 e. The molecule has 0 aromatic rings. The van der Waals surface area contributed by atoms with Gasteiger partial charge in [0.25, 0.3) is 0 Å². The van der Waals surface area contributed by atoms with Crippen molar-refractivity contribution < 1.29 is 4.74 Å². The van der Waals surface area contributed by atoms with E-state index in [2.05, 4.69) is 36.0 Å². The van der Waals surface area contributed by atoms with E-state index in [0.29, 0.717) is 12.0 Å². The van der Waals surface area contributed by atoms with Crippen LogP contribution in [0.4, 0.5) is 0 Å². The Morgan fingerprint density at radius 2 is 2.00 bits per heavy atom. The van der Waals surface area contributed by atoms with Crippen molar-refractivity contribution in [3.05, 3.63) is 0 Å². The molecule has 108 valence electrons. The minimum atomic E-state index is 0.434. The van der Waals surface area contributed by atoms with Gasteiger partial charge in [0.1, 0.15) is 0 Å². The predicted molar refractivity (Wildman–Crippen MR) is 78.0 cm³/mol. The first-order chi connectivity index (χ1) is 8.65. The van der Waals surface area contributed by atoms with Crippen LogP contribution in [-0.4, -0.2) is 56.3 Å². The van der Waals surface area contributed by atoms with E-state index < -0.39 is 0 Å². The van der Waals surface area contributed by atoms with Crippen LogP contribution in [0.25, 0.3) is 0 Å². The standard InChI is InChI=1S/C13H30N4O/c1-5-17(6-2)12(4)11-16-13(14)15-9-8-10-18-7-3/h12H,5-11H2,1-4H3,(H3,14,15,16). The van der Waals surface area contributed by atoms with Crippen molar-refractivity contribution in [2.24, 2.45) is 10.7 Å². The van der Waals surface area contributed by atoms with Crippen LogP contribution in [0.1, 0.15) is 34.1 Å². The van der Waals surface area contributed by atoms with Gasteiger partial charge in [-0.2, -0.15) is 0 Å². The first kappa shape index (κ1) is 17.2. The highest BCUT2D eigenvalue weighted by atomic mass is 16.5. The Hall–Kier alpha value is -0.810. The topological polar surface area (TPSA) is 62.9 Å². The molecule has 1 unspecified atom stereocenters. The van der Waals surface area contributed by atoms with Gasteiger partial charge >= 0.3 is 0 Å². The van der Waals surface area contributed by atoms with Crippen molar-refractivity contribution in [2.45, 2.75) is 40.2 Å². The molecule has 0 aliphatic carbocycles. The molecule has 0 aliphatic heterocycles. The number of nitrogens with one attached hydrogen (secondary N) is 1. The van der Waals surface area contributed by atoms with Gasteiger partial charge < -0.3 is 15.8 Å². The van der Waals surface area contributed by atoms with Gasteiger partial charge in [0.05, 0.1) is 6.54 Å². The monoisotopic (exact) mass is 258 g/mol. The minimum Gasteiger partial charge on any atom is -0.382 e. The smallest absolute Gasteiger partial charge is 0.188 e. The van der Waals surface area contributed by atoms with Gasteiger partial charge in [-0.25, -0.2) is 0 Å². The van der Waals surface area contributed by atoms with Gasteiger partial charge in [0, 0.05) is 25.8 Å². The van der Waals surface area contributed by atoms with Crippen molar-refractivity contribution in [1.29, 1.82) is 0 Å². The van der Waals surface area contributed by atoms with Crippen LogP contribution >= 0.6 is 0 Å². The number of rotatable bonds is 10. The van der Waals surface area contributed by atoms with Gasteiger partial charge in [-0.05, 0) is 33.4 Å². The first-order valence-corrected chi connectivity index (χ1v) is 7.01. The molecule has 0 aromatic heterocycles. The molecule has 5 nitrogen and oxygen atoms in total. The molecule has 0 fully saturated rings. The van der Waals surface area contributed by atoms with Crippen molar-refractivity contribution >= 4 is 5.96 Å². The highest BCUT2D eigenvalue weighted by molar-refractivity contribution is 5.77. The van der Waals surface area contributed by atoms with E-state index in [1.807, 2.05) is 6.92 Å². The summed E-state index contributed by atoms with van der Waals surface area (Å²) < 4.78 is 5.25. The Morgan fingerprint density at radius 3 is 2.56 bits per heavy atom. The van der Waals surface area contributed by atoms with Crippen LogP contribution in [0.3, 0.4) is 0 Å². The van der Waals surface area contributed by atoms with E-state index in [0.717, 1.165) is 45.8 Å². The first-order valence-electron chi connectivity index (χ1n) is 7.01. The zero-order valence-corrected chi connectivity index (χ0v) is 12.4. The lowest BCUT2D eigenvalue weighted by atomic mass is 10.3. The molecule has 0 spiro atoms. The van der Waals surface area contributed by atoms with Crippen LogP contribution in [0.15, 0.2) is 4.99 Å². The molecule has 0 rings (SSSR count). The van der Waals surface area contributed by atoms with Gasteiger partial charge in [0.15, 0.2) is 5.96 Å². The number of nitrogens with two attached hydrogens (primary N) is 1. The zero-order chi connectivity index (χ0) is 13.8. The number of nitrogens with zero attached hydrogens (tertiary/aromatic N) is 2. The number of hydrogen-bond donors (Lipinski definition) is 2. The van der Waals surface area contributed by atoms with E-state index >= 15 is 0 Å². The molecule has 0 bridgehead atoms. The van der Waals surface area contributed by atoms with Crippen molar-refractivity contribution in [2.75, 3.05) is 39.4 Å². The third-order valence-electron chi connectivity index (χ3n) is 2.94. The number of ether oxygens (including phenoxy) is 1. The van der Waals surface area contributed by atoms with Gasteiger partial charge in [0.2, 0.25) is 0 Å². The lowest BCUT2D eigenvalue weighted by molar-refractivity contribution is 0.145. The second kappa shape index (κ2) is 11.3. The summed E-state index contributed by atoms with van der Waals surface area (Å²) >= 11 is 0. The molecular formula is C13H30N4O. The predicted octanol–water partition coefficient (Wildman–Crippen LogP) is 1.05. The average Bonchev–Trinajstić information content (AvgIpc) is 2.37. The molecular weight excluding hydrogens is 228 g/mol. The fourth-order valence-electron chi connectivity index (χ4n) is 1.78. The molecule has 0 amide bonds. The molecule has 1 atom stereocenters. The number of hydrogen-bond acceptors (Lipinski definition) is 3. The Bertz CT molecular complexity index is 217. The minimum absolute atomic E-state index is 0.434. The molecule has 0 aliphatic rings. The lowest BCUT2D eigenvalue weighted by Gasteiger charge is -2.24. The summed E-state index contributed by atoms with van der Waals surface area (Å²) in [6.45, 7) is 13.7. The second-order valence-electron chi connectivity index (χ2n) is 4.27. The number of aliphatic imine (C=N–C) groups is 1. The normalized spacial score (nSPS) is 13.9. The van der Waals surface area contributed by atoms with Crippen LogP contribution in [-0.2, 0) is 4.74 Å². The van der Waals surface area contributed by atoms with Gasteiger partial charge in [-0.3, -0.25) is 9.89 Å². The van der Waals surface area contributed by atoms with E-state index in [1.54, 1.807) is 0 Å². The van der Waals surface area contributed by atoms with Crippen molar-refractivity contribution in [3.8, 4) is 0 Å². The van der Waals surface area contributed by atoms with Crippen LogP contribution < -0.4 is 11.1 Å². The third-order valence-corrected chi connectivity index (χ3v) is 2.94. The summed E-state index contributed by atoms with van der Waals surface area (Å²) in [5.41, 5.74) is 5.80. The second-order valence-corrected chi connectivity index (χ2v) is 4.27. The Morgan fingerprint density at radius 1 is 1.33 bits per heavy atom. The molecule has 0 heterocycles. The van der Waals surface area contributed by atoms with Crippen LogP contribution in [0, 0.1) is 0 Å². The Kier molecular flexibility index (Phi) is 10.8. The Balaban J connectivity index is 3.75. The molecule has 3 N–H and O–H groups in total. The van der Waals surface area contributed by atoms with E-state index in [9.17, 15) is 0 Å². The fraction of sp³-hybridized carbons (Fsp3) is 0.923. The van der Waals surface area contributed by atoms with E-state index in [1.165, 1.54) is 0 Å². The maximum absolute atomic E-state index is 5.80. The average molecular weight is 258 g/mol. The molecule has 0 saturated carbocycles. The SMILES string of the molecule is CCOCCCNC(N)=NCC(C)N(CC)CC. The van der Waals surface area contributed by atoms with Gasteiger partial charge in [-0.1, -0.05) is 13.8 Å². The van der Waals surface area contributed by atoms with Crippen molar-refractivity contribution in [1.82, 2.24) is 10.2 Å². The van der Waals surface area contributed by atoms with Crippen LogP contribution in [0.5, 0.6) is 0 Å². The van der Waals surface area contributed by atoms with Crippen LogP contribution in [0.2, 0.25) is 0 Å². The summed E-state index contributed by atoms with van der Waals surface area (Å²) in [6.07, 6.45) is 0.954.